The summed E-state index contributed by atoms with van der Waals surface area (Å²) >= 11 is 0. The first kappa shape index (κ1) is 21.9. The van der Waals surface area contributed by atoms with Crippen molar-refractivity contribution >= 4 is 11.1 Å². The molecule has 0 saturated carbocycles. The van der Waals surface area contributed by atoms with Gasteiger partial charge in [0.2, 0.25) is 5.71 Å². The minimum atomic E-state index is -0.0708. The van der Waals surface area contributed by atoms with Crippen molar-refractivity contribution in [1.82, 2.24) is 24.8 Å². The summed E-state index contributed by atoms with van der Waals surface area (Å²) in [6.07, 6.45) is 5.96. The minimum absolute atomic E-state index is 0.0533. The second kappa shape index (κ2) is 10.3. The number of nitrogens with zero attached hydrogens (tertiary/aromatic N) is 4. The van der Waals surface area contributed by atoms with E-state index in [-0.39, 0.29) is 11.6 Å². The molecule has 0 fully saturated rings. The standard InChI is InChI=1S/C25H29N5O2/c1-3-22(29(15-14-26-2)17-20-9-12-27-13-10-20)23-28-24-21(11-16-32-24)25(31)30(23)18-19-7-5-4-6-8-19/h4-13,16,22,26H,3,14-15,17-18H2,1-2H3. The van der Waals surface area contributed by atoms with Gasteiger partial charge in [0.05, 0.1) is 18.8 Å². The number of likely N-dealkylation sites (N-methyl/N-ethyl adjacent to an activating group) is 1. The Bertz CT molecular complexity index is 1190. The fraction of sp³-hybridized carbons (Fsp3) is 0.320. The summed E-state index contributed by atoms with van der Waals surface area (Å²) in [5.74, 6) is 0.731. The highest BCUT2D eigenvalue weighted by Crippen LogP contribution is 2.26. The van der Waals surface area contributed by atoms with E-state index in [9.17, 15) is 4.79 Å². The van der Waals surface area contributed by atoms with Gasteiger partial charge in [0.15, 0.2) is 0 Å². The van der Waals surface area contributed by atoms with E-state index in [0.29, 0.717) is 17.6 Å². The molecule has 0 bridgehead atoms. The largest absolute Gasteiger partial charge is 0.446 e. The molecule has 1 aromatic carbocycles. The molecule has 166 valence electrons. The molecule has 0 amide bonds. The van der Waals surface area contributed by atoms with Crippen LogP contribution in [0.2, 0.25) is 0 Å². The number of fused-ring (bicyclic) bond motifs is 1. The monoisotopic (exact) mass is 431 g/mol. The molecule has 3 heterocycles. The number of benzene rings is 1. The highest BCUT2D eigenvalue weighted by molar-refractivity contribution is 5.71. The second-order valence-electron chi connectivity index (χ2n) is 7.84. The van der Waals surface area contributed by atoms with Gasteiger partial charge in [-0.1, -0.05) is 37.3 Å². The third kappa shape index (κ3) is 4.79. The predicted octanol–water partition coefficient (Wildman–Crippen LogP) is 3.61. The van der Waals surface area contributed by atoms with Crippen LogP contribution in [-0.2, 0) is 13.1 Å². The van der Waals surface area contributed by atoms with Crippen molar-refractivity contribution in [2.75, 3.05) is 20.1 Å². The number of pyridine rings is 1. The van der Waals surface area contributed by atoms with Gasteiger partial charge in [-0.2, -0.15) is 4.98 Å². The van der Waals surface area contributed by atoms with Gasteiger partial charge in [-0.25, -0.2) is 0 Å². The van der Waals surface area contributed by atoms with Gasteiger partial charge in [0.1, 0.15) is 11.2 Å². The molecular formula is C25H29N5O2. The Morgan fingerprint density at radius 2 is 1.88 bits per heavy atom. The summed E-state index contributed by atoms with van der Waals surface area (Å²) < 4.78 is 7.36. The number of hydrogen-bond acceptors (Lipinski definition) is 6. The van der Waals surface area contributed by atoms with Crippen LogP contribution in [0.4, 0.5) is 0 Å². The summed E-state index contributed by atoms with van der Waals surface area (Å²) in [5, 5.41) is 3.75. The van der Waals surface area contributed by atoms with Crippen LogP contribution in [0.1, 0.15) is 36.3 Å². The van der Waals surface area contributed by atoms with Crippen LogP contribution in [0.25, 0.3) is 11.1 Å². The van der Waals surface area contributed by atoms with Gasteiger partial charge in [-0.05, 0) is 42.8 Å². The van der Waals surface area contributed by atoms with Gasteiger partial charge in [-0.15, -0.1) is 0 Å². The number of hydrogen-bond donors (Lipinski definition) is 1. The minimum Gasteiger partial charge on any atom is -0.446 e. The molecule has 0 saturated heterocycles. The van der Waals surface area contributed by atoms with Gasteiger partial charge >= 0.3 is 0 Å². The first-order valence-corrected chi connectivity index (χ1v) is 11.0. The lowest BCUT2D eigenvalue weighted by Crippen LogP contribution is -2.38. The molecular weight excluding hydrogens is 402 g/mol. The number of furan rings is 1. The van der Waals surface area contributed by atoms with E-state index in [1.165, 1.54) is 11.8 Å². The van der Waals surface area contributed by atoms with Crippen LogP contribution in [0.15, 0.2) is 76.4 Å². The quantitative estimate of drug-likeness (QED) is 0.413. The maximum absolute atomic E-state index is 13.5. The van der Waals surface area contributed by atoms with Crippen LogP contribution in [0.5, 0.6) is 0 Å². The van der Waals surface area contributed by atoms with Crippen molar-refractivity contribution < 1.29 is 4.42 Å². The molecule has 0 aliphatic heterocycles. The zero-order valence-electron chi connectivity index (χ0n) is 18.6. The zero-order chi connectivity index (χ0) is 22.3. The molecule has 1 N–H and O–H groups in total. The van der Waals surface area contributed by atoms with E-state index in [1.54, 1.807) is 10.6 Å². The first-order valence-electron chi connectivity index (χ1n) is 11.0. The maximum Gasteiger partial charge on any atom is 0.265 e. The molecule has 0 aliphatic rings. The molecule has 32 heavy (non-hydrogen) atoms. The normalized spacial score (nSPS) is 12.5. The lowest BCUT2D eigenvalue weighted by Gasteiger charge is -2.32. The summed E-state index contributed by atoms with van der Waals surface area (Å²) in [4.78, 5) is 24.8. The number of rotatable bonds is 10. The molecule has 7 heteroatoms. The van der Waals surface area contributed by atoms with Crippen LogP contribution in [-0.4, -0.2) is 39.6 Å². The van der Waals surface area contributed by atoms with E-state index in [4.69, 9.17) is 9.40 Å². The fourth-order valence-electron chi connectivity index (χ4n) is 4.06. The third-order valence-electron chi connectivity index (χ3n) is 5.71. The Morgan fingerprint density at radius 3 is 2.59 bits per heavy atom. The summed E-state index contributed by atoms with van der Waals surface area (Å²) in [7, 11) is 1.95. The molecule has 7 nitrogen and oxygen atoms in total. The highest BCUT2D eigenvalue weighted by Gasteiger charge is 2.26. The lowest BCUT2D eigenvalue weighted by atomic mass is 10.1. The summed E-state index contributed by atoms with van der Waals surface area (Å²) in [6, 6.07) is 15.7. The van der Waals surface area contributed by atoms with Crippen molar-refractivity contribution in [3.8, 4) is 0 Å². The van der Waals surface area contributed by atoms with E-state index in [1.807, 2.05) is 61.9 Å². The topological polar surface area (TPSA) is 76.2 Å². The molecule has 1 atom stereocenters. The second-order valence-corrected chi connectivity index (χ2v) is 7.84. The van der Waals surface area contributed by atoms with Crippen LogP contribution >= 0.6 is 0 Å². The number of nitrogens with one attached hydrogen (secondary N) is 1. The number of aromatic nitrogens is 3. The Labute approximate surface area is 187 Å². The Kier molecular flexibility index (Phi) is 7.09. The van der Waals surface area contributed by atoms with Crippen LogP contribution in [0.3, 0.4) is 0 Å². The predicted molar refractivity (Wildman–Crippen MR) is 125 cm³/mol. The zero-order valence-corrected chi connectivity index (χ0v) is 18.6. The first-order chi connectivity index (χ1) is 15.7. The van der Waals surface area contributed by atoms with Crippen molar-refractivity contribution in [2.45, 2.75) is 32.5 Å². The molecule has 4 aromatic rings. The van der Waals surface area contributed by atoms with Gasteiger partial charge in [0.25, 0.3) is 5.56 Å². The summed E-state index contributed by atoms with van der Waals surface area (Å²) in [5.41, 5.74) is 2.56. The van der Waals surface area contributed by atoms with E-state index < -0.39 is 0 Å². The SMILES string of the molecule is CCC(c1nc2occc2c(=O)n1Cc1ccccc1)N(CCNC)Cc1ccncc1. The van der Waals surface area contributed by atoms with E-state index >= 15 is 0 Å². The smallest absolute Gasteiger partial charge is 0.265 e. The third-order valence-corrected chi connectivity index (χ3v) is 5.71. The Balaban J connectivity index is 1.79. The Hall–Kier alpha value is -3.29. The average molecular weight is 432 g/mol. The van der Waals surface area contributed by atoms with Crippen LogP contribution < -0.4 is 10.9 Å². The van der Waals surface area contributed by atoms with E-state index in [0.717, 1.165) is 37.4 Å². The molecule has 0 spiro atoms. The maximum atomic E-state index is 13.5. The molecule has 0 aliphatic carbocycles. The van der Waals surface area contributed by atoms with Crippen molar-refractivity contribution in [1.29, 1.82) is 0 Å². The molecule has 0 radical (unpaired) electrons. The molecule has 4 rings (SSSR count). The average Bonchev–Trinajstić information content (AvgIpc) is 3.30. The Morgan fingerprint density at radius 1 is 1.09 bits per heavy atom. The van der Waals surface area contributed by atoms with E-state index in [2.05, 4.69) is 22.1 Å². The highest BCUT2D eigenvalue weighted by atomic mass is 16.3. The van der Waals surface area contributed by atoms with Crippen molar-refractivity contribution in [3.63, 3.8) is 0 Å². The van der Waals surface area contributed by atoms with Gasteiger partial charge in [-0.3, -0.25) is 19.2 Å². The molecule has 3 aromatic heterocycles. The van der Waals surface area contributed by atoms with Gasteiger partial charge in [0, 0.05) is 32.0 Å². The van der Waals surface area contributed by atoms with Crippen molar-refractivity contribution in [3.05, 3.63) is 94.5 Å². The van der Waals surface area contributed by atoms with Gasteiger partial charge < -0.3 is 9.73 Å². The van der Waals surface area contributed by atoms with Crippen molar-refractivity contribution in [2.24, 2.45) is 0 Å². The summed E-state index contributed by atoms with van der Waals surface area (Å²) in [6.45, 7) is 4.98. The van der Waals surface area contributed by atoms with Crippen LogP contribution in [0, 0.1) is 0 Å². The fourth-order valence-corrected chi connectivity index (χ4v) is 4.06. The lowest BCUT2D eigenvalue weighted by molar-refractivity contribution is 0.172. The molecule has 1 unspecified atom stereocenters.